The Hall–Kier alpha value is -2.79. The molecule has 4 rings (SSSR count). The number of carbonyl (C=O) groups excluding carboxylic acids is 1. The fraction of sp³-hybridized carbons (Fsp3) is 0.250. The van der Waals surface area contributed by atoms with Gasteiger partial charge in [0.25, 0.3) is 5.91 Å². The van der Waals surface area contributed by atoms with Crippen LogP contribution in [-0.4, -0.2) is 51.9 Å². The molecule has 0 aliphatic carbocycles. The first-order valence-electron chi connectivity index (χ1n) is 8.55. The van der Waals surface area contributed by atoms with Gasteiger partial charge in [0, 0.05) is 56.7 Å². The summed E-state index contributed by atoms with van der Waals surface area (Å²) in [5.74, 6) is 0.0258. The van der Waals surface area contributed by atoms with E-state index in [1.165, 1.54) is 5.56 Å². The number of hydrogen-bond acceptors (Lipinski definition) is 4. The Labute approximate surface area is 146 Å². The van der Waals surface area contributed by atoms with Crippen molar-refractivity contribution in [3.05, 3.63) is 72.3 Å². The van der Waals surface area contributed by atoms with E-state index in [0.29, 0.717) is 5.69 Å². The van der Waals surface area contributed by atoms with Crippen LogP contribution in [0.1, 0.15) is 16.1 Å². The molecule has 0 bridgehead atoms. The third-order valence-electron chi connectivity index (χ3n) is 4.66. The molecule has 5 heteroatoms. The van der Waals surface area contributed by atoms with Crippen LogP contribution in [0.15, 0.2) is 61.1 Å². The SMILES string of the molecule is O=C(c1nccc2ccccc12)N1CCN(Cc2cccnc2)CC1. The summed E-state index contributed by atoms with van der Waals surface area (Å²) in [7, 11) is 0. The number of pyridine rings is 2. The maximum absolute atomic E-state index is 12.9. The van der Waals surface area contributed by atoms with Gasteiger partial charge in [-0.3, -0.25) is 19.7 Å². The molecule has 1 aliphatic rings. The van der Waals surface area contributed by atoms with Gasteiger partial charge in [-0.1, -0.05) is 30.3 Å². The van der Waals surface area contributed by atoms with Gasteiger partial charge in [0.05, 0.1) is 0 Å². The third kappa shape index (κ3) is 3.37. The van der Waals surface area contributed by atoms with Crippen molar-refractivity contribution in [1.82, 2.24) is 19.8 Å². The van der Waals surface area contributed by atoms with Crippen LogP contribution in [0.3, 0.4) is 0 Å². The summed E-state index contributed by atoms with van der Waals surface area (Å²) in [6, 6.07) is 13.9. The molecule has 0 saturated carbocycles. The van der Waals surface area contributed by atoms with Crippen LogP contribution in [0.5, 0.6) is 0 Å². The van der Waals surface area contributed by atoms with Crippen LogP contribution in [-0.2, 0) is 6.54 Å². The smallest absolute Gasteiger partial charge is 0.273 e. The van der Waals surface area contributed by atoms with Gasteiger partial charge in [0.15, 0.2) is 0 Å². The monoisotopic (exact) mass is 332 g/mol. The molecule has 2 aromatic heterocycles. The molecule has 0 radical (unpaired) electrons. The second kappa shape index (κ2) is 6.99. The lowest BCUT2D eigenvalue weighted by molar-refractivity contribution is 0.0625. The molecule has 0 unspecified atom stereocenters. The molecule has 1 saturated heterocycles. The fourth-order valence-electron chi connectivity index (χ4n) is 3.30. The van der Waals surface area contributed by atoms with Crippen molar-refractivity contribution in [1.29, 1.82) is 0 Å². The maximum Gasteiger partial charge on any atom is 0.273 e. The van der Waals surface area contributed by atoms with Gasteiger partial charge in [-0.15, -0.1) is 0 Å². The minimum absolute atomic E-state index is 0.0258. The molecule has 0 atom stereocenters. The van der Waals surface area contributed by atoms with Crippen LogP contribution in [0.2, 0.25) is 0 Å². The number of piperazine rings is 1. The summed E-state index contributed by atoms with van der Waals surface area (Å²) in [6.45, 7) is 4.06. The number of aromatic nitrogens is 2. The zero-order valence-electron chi connectivity index (χ0n) is 14.0. The molecule has 1 aliphatic heterocycles. The zero-order valence-corrected chi connectivity index (χ0v) is 14.0. The van der Waals surface area contributed by atoms with Crippen LogP contribution < -0.4 is 0 Å². The van der Waals surface area contributed by atoms with Crippen molar-refractivity contribution >= 4 is 16.7 Å². The van der Waals surface area contributed by atoms with Gasteiger partial charge in [0.2, 0.25) is 0 Å². The predicted molar refractivity (Wildman–Crippen MR) is 97.2 cm³/mol. The van der Waals surface area contributed by atoms with Gasteiger partial charge in [-0.05, 0) is 23.1 Å². The quantitative estimate of drug-likeness (QED) is 0.740. The molecule has 25 heavy (non-hydrogen) atoms. The molecule has 5 nitrogen and oxygen atoms in total. The van der Waals surface area contributed by atoms with E-state index in [-0.39, 0.29) is 5.91 Å². The summed E-state index contributed by atoms with van der Waals surface area (Å²) in [4.78, 5) is 25.7. The van der Waals surface area contributed by atoms with E-state index in [4.69, 9.17) is 0 Å². The van der Waals surface area contributed by atoms with E-state index in [2.05, 4.69) is 20.9 Å². The Morgan fingerprint density at radius 3 is 2.60 bits per heavy atom. The number of nitrogens with zero attached hydrogens (tertiary/aromatic N) is 4. The maximum atomic E-state index is 12.9. The lowest BCUT2D eigenvalue weighted by Gasteiger charge is -2.34. The number of carbonyl (C=O) groups is 1. The van der Waals surface area contributed by atoms with E-state index < -0.39 is 0 Å². The topological polar surface area (TPSA) is 49.3 Å². The number of amides is 1. The van der Waals surface area contributed by atoms with Gasteiger partial charge in [-0.25, -0.2) is 0 Å². The lowest BCUT2D eigenvalue weighted by Crippen LogP contribution is -2.48. The van der Waals surface area contributed by atoms with Crippen LogP contribution in [0.25, 0.3) is 10.8 Å². The molecule has 126 valence electrons. The van der Waals surface area contributed by atoms with Gasteiger partial charge >= 0.3 is 0 Å². The fourth-order valence-corrected chi connectivity index (χ4v) is 3.30. The minimum atomic E-state index is 0.0258. The van der Waals surface area contributed by atoms with Crippen molar-refractivity contribution in [2.75, 3.05) is 26.2 Å². The zero-order chi connectivity index (χ0) is 17.1. The average molecular weight is 332 g/mol. The van der Waals surface area contributed by atoms with Crippen LogP contribution in [0, 0.1) is 0 Å². The van der Waals surface area contributed by atoms with E-state index >= 15 is 0 Å². The van der Waals surface area contributed by atoms with Gasteiger partial charge in [-0.2, -0.15) is 0 Å². The Balaban J connectivity index is 1.44. The molecule has 3 heterocycles. The average Bonchev–Trinajstić information content (AvgIpc) is 2.68. The number of fused-ring (bicyclic) bond motifs is 1. The summed E-state index contributed by atoms with van der Waals surface area (Å²) in [5.41, 5.74) is 1.76. The van der Waals surface area contributed by atoms with E-state index in [0.717, 1.165) is 43.5 Å². The highest BCUT2D eigenvalue weighted by Gasteiger charge is 2.24. The molecule has 0 spiro atoms. The summed E-state index contributed by atoms with van der Waals surface area (Å²) in [5, 5.41) is 1.98. The Morgan fingerprint density at radius 1 is 0.960 bits per heavy atom. The van der Waals surface area contributed by atoms with Crippen molar-refractivity contribution in [2.45, 2.75) is 6.54 Å². The highest BCUT2D eigenvalue weighted by atomic mass is 16.2. The molecule has 3 aromatic rings. The van der Waals surface area contributed by atoms with E-state index in [9.17, 15) is 4.79 Å². The van der Waals surface area contributed by atoms with Crippen LogP contribution >= 0.6 is 0 Å². The minimum Gasteiger partial charge on any atom is -0.335 e. The van der Waals surface area contributed by atoms with Crippen molar-refractivity contribution in [3.8, 4) is 0 Å². The lowest BCUT2D eigenvalue weighted by atomic mass is 10.1. The van der Waals surface area contributed by atoms with Crippen molar-refractivity contribution in [2.24, 2.45) is 0 Å². The normalized spacial score (nSPS) is 15.4. The first-order chi connectivity index (χ1) is 12.3. The molecule has 1 amide bonds. The second-order valence-corrected chi connectivity index (χ2v) is 6.31. The van der Waals surface area contributed by atoms with Gasteiger partial charge in [0.1, 0.15) is 5.69 Å². The second-order valence-electron chi connectivity index (χ2n) is 6.31. The van der Waals surface area contributed by atoms with Crippen molar-refractivity contribution < 1.29 is 4.79 Å². The first kappa shape index (κ1) is 15.7. The number of benzene rings is 1. The molecular weight excluding hydrogens is 312 g/mol. The number of hydrogen-bond donors (Lipinski definition) is 0. The molecule has 1 aromatic carbocycles. The molecule has 1 fully saturated rings. The Morgan fingerprint density at radius 2 is 1.80 bits per heavy atom. The highest BCUT2D eigenvalue weighted by Crippen LogP contribution is 2.19. The van der Waals surface area contributed by atoms with Crippen molar-refractivity contribution in [3.63, 3.8) is 0 Å². The van der Waals surface area contributed by atoms with E-state index in [1.807, 2.05) is 47.5 Å². The highest BCUT2D eigenvalue weighted by molar-refractivity contribution is 6.05. The summed E-state index contributed by atoms with van der Waals surface area (Å²) < 4.78 is 0. The standard InChI is InChI=1S/C20H20N4O/c25-20(19-18-6-2-1-5-17(18)7-9-22-19)24-12-10-23(11-13-24)15-16-4-3-8-21-14-16/h1-9,14H,10-13,15H2. The third-order valence-corrected chi connectivity index (χ3v) is 4.66. The first-order valence-corrected chi connectivity index (χ1v) is 8.55. The van der Waals surface area contributed by atoms with E-state index in [1.54, 1.807) is 12.4 Å². The van der Waals surface area contributed by atoms with Crippen LogP contribution in [0.4, 0.5) is 0 Å². The Bertz CT molecular complexity index is 868. The summed E-state index contributed by atoms with van der Waals surface area (Å²) >= 11 is 0. The number of rotatable bonds is 3. The molecular formula is C20H20N4O. The molecule has 0 N–H and O–H groups in total. The van der Waals surface area contributed by atoms with Gasteiger partial charge < -0.3 is 4.90 Å². The predicted octanol–water partition coefficient (Wildman–Crippen LogP) is 2.59. The largest absolute Gasteiger partial charge is 0.335 e. The Kier molecular flexibility index (Phi) is 4.39. The summed E-state index contributed by atoms with van der Waals surface area (Å²) in [6.07, 6.45) is 5.41.